The Labute approximate surface area is 193 Å². The molecule has 0 bridgehead atoms. The second-order valence-corrected chi connectivity index (χ2v) is 6.88. The van der Waals surface area contributed by atoms with Crippen LogP contribution in [0.15, 0.2) is 35.3 Å². The molecule has 2 aromatic rings. The molecule has 0 saturated heterocycles. The minimum atomic E-state index is 0. The fourth-order valence-corrected chi connectivity index (χ4v) is 2.96. The lowest BCUT2D eigenvalue weighted by Gasteiger charge is -2.13. The van der Waals surface area contributed by atoms with Crippen LogP contribution in [0, 0.1) is 0 Å². The Bertz CT molecular complexity index is 823. The predicted molar refractivity (Wildman–Crippen MR) is 128 cm³/mol. The van der Waals surface area contributed by atoms with E-state index in [2.05, 4.69) is 20.9 Å². The van der Waals surface area contributed by atoms with Crippen LogP contribution >= 0.6 is 47.2 Å². The number of aliphatic imine (C=N–C) groups is 1. The van der Waals surface area contributed by atoms with Gasteiger partial charge in [0, 0.05) is 38.4 Å². The highest BCUT2D eigenvalue weighted by Gasteiger charge is 2.09. The minimum absolute atomic E-state index is 0. The summed E-state index contributed by atoms with van der Waals surface area (Å²) in [6.07, 6.45) is 1.35. The van der Waals surface area contributed by atoms with Gasteiger partial charge in [-0.3, -0.25) is 9.79 Å². The quantitative estimate of drug-likeness (QED) is 0.275. The van der Waals surface area contributed by atoms with Crippen molar-refractivity contribution in [1.29, 1.82) is 0 Å². The first-order valence-electron chi connectivity index (χ1n) is 8.77. The first-order chi connectivity index (χ1) is 12.9. The van der Waals surface area contributed by atoms with Gasteiger partial charge in [-0.25, -0.2) is 0 Å². The number of hydrogen-bond donors (Lipinski definition) is 3. The van der Waals surface area contributed by atoms with Gasteiger partial charge < -0.3 is 20.5 Å². The molecule has 1 aromatic heterocycles. The molecule has 3 N–H and O–H groups in total. The van der Waals surface area contributed by atoms with Crippen LogP contribution in [0.5, 0.6) is 0 Å². The van der Waals surface area contributed by atoms with Crippen LogP contribution in [-0.4, -0.2) is 23.5 Å². The van der Waals surface area contributed by atoms with Crippen LogP contribution < -0.4 is 16.0 Å². The fourth-order valence-electron chi connectivity index (χ4n) is 2.55. The number of rotatable bonds is 7. The van der Waals surface area contributed by atoms with Gasteiger partial charge in [0.15, 0.2) is 5.96 Å². The molecule has 28 heavy (non-hydrogen) atoms. The number of aromatic nitrogens is 1. The van der Waals surface area contributed by atoms with Gasteiger partial charge in [0.05, 0.1) is 11.6 Å². The van der Waals surface area contributed by atoms with Gasteiger partial charge in [-0.05, 0) is 30.2 Å². The Kier molecular flexibility index (Phi) is 10.7. The normalized spacial score (nSPS) is 11.0. The van der Waals surface area contributed by atoms with E-state index in [1.807, 2.05) is 48.9 Å². The lowest BCUT2D eigenvalue weighted by atomic mass is 10.2. The zero-order chi connectivity index (χ0) is 19.8. The number of carbonyl (C=O) groups excluding carboxylic acids is 1. The Balaban J connectivity index is 0.00000392. The zero-order valence-electron chi connectivity index (χ0n) is 16.2. The fraction of sp³-hybridized carbons (Fsp3) is 0.368. The molecule has 2 rings (SSSR count). The second-order valence-electron chi connectivity index (χ2n) is 6.11. The van der Waals surface area contributed by atoms with Gasteiger partial charge in [0.25, 0.3) is 0 Å². The molecule has 6 nitrogen and oxygen atoms in total. The summed E-state index contributed by atoms with van der Waals surface area (Å²) in [6, 6.07) is 9.57. The molecule has 0 unspecified atom stereocenters. The molecule has 0 saturated carbocycles. The molecule has 1 amide bonds. The molecule has 9 heteroatoms. The average molecular weight is 538 g/mol. The van der Waals surface area contributed by atoms with Crippen molar-refractivity contribution in [3.8, 4) is 0 Å². The topological polar surface area (TPSA) is 70.4 Å². The highest BCUT2D eigenvalue weighted by molar-refractivity contribution is 14.0. The summed E-state index contributed by atoms with van der Waals surface area (Å²) in [5, 5.41) is 10.4. The maximum Gasteiger partial charge on any atom is 0.224 e. The number of anilines is 1. The largest absolute Gasteiger partial charge is 0.352 e. The molecule has 0 aliphatic heterocycles. The Morgan fingerprint density at radius 1 is 1.18 bits per heavy atom. The Morgan fingerprint density at radius 3 is 2.50 bits per heavy atom. The molecule has 0 aliphatic rings. The number of guanidine groups is 1. The summed E-state index contributed by atoms with van der Waals surface area (Å²) in [6.45, 7) is 3.09. The van der Waals surface area contributed by atoms with Crippen molar-refractivity contribution in [2.75, 3.05) is 12.4 Å². The van der Waals surface area contributed by atoms with Crippen LogP contribution in [0.4, 0.5) is 5.69 Å². The van der Waals surface area contributed by atoms with E-state index in [1.54, 1.807) is 7.05 Å². The van der Waals surface area contributed by atoms with E-state index in [0.717, 1.165) is 23.4 Å². The van der Waals surface area contributed by atoms with Crippen LogP contribution in [0.1, 0.15) is 31.0 Å². The van der Waals surface area contributed by atoms with Gasteiger partial charge in [-0.1, -0.05) is 42.3 Å². The van der Waals surface area contributed by atoms with E-state index in [4.69, 9.17) is 23.2 Å². The van der Waals surface area contributed by atoms with Gasteiger partial charge in [0.2, 0.25) is 5.91 Å². The van der Waals surface area contributed by atoms with E-state index in [-0.39, 0.29) is 29.9 Å². The third-order valence-electron chi connectivity index (χ3n) is 4.02. The van der Waals surface area contributed by atoms with Gasteiger partial charge in [-0.2, -0.15) is 0 Å². The summed E-state index contributed by atoms with van der Waals surface area (Å²) in [7, 11) is 3.57. The van der Waals surface area contributed by atoms with Crippen molar-refractivity contribution in [2.24, 2.45) is 12.0 Å². The van der Waals surface area contributed by atoms with Gasteiger partial charge >= 0.3 is 0 Å². The molecular formula is C19H26Cl2IN5O. The first-order valence-corrected chi connectivity index (χ1v) is 9.53. The molecule has 1 aromatic carbocycles. The first kappa shape index (κ1) is 24.6. The maximum atomic E-state index is 11.7. The number of amides is 1. The van der Waals surface area contributed by atoms with E-state index in [9.17, 15) is 4.79 Å². The van der Waals surface area contributed by atoms with Gasteiger partial charge in [0.1, 0.15) is 5.15 Å². The van der Waals surface area contributed by atoms with Crippen molar-refractivity contribution in [2.45, 2.75) is 32.9 Å². The summed E-state index contributed by atoms with van der Waals surface area (Å²) < 4.78 is 1.83. The predicted octanol–water partition coefficient (Wildman–Crippen LogP) is 4.55. The maximum absolute atomic E-state index is 11.7. The third kappa shape index (κ3) is 7.18. The summed E-state index contributed by atoms with van der Waals surface area (Å²) in [4.78, 5) is 16.0. The number of halogens is 3. The van der Waals surface area contributed by atoms with Crippen molar-refractivity contribution in [3.63, 3.8) is 0 Å². The standard InChI is InChI=1S/C19H25Cl2N5O.HI/c1-4-6-17(27)25-14-8-5-7-13(9-14)11-23-19(22-2)24-12-15-10-16(20)18(21)26(15)3;/h5,7-10H,4,6,11-12H2,1-3H3,(H,25,27)(H2,22,23,24);1H. The van der Waals surface area contributed by atoms with Crippen LogP contribution in [0.25, 0.3) is 0 Å². The number of hydrogen-bond acceptors (Lipinski definition) is 2. The molecule has 0 fully saturated rings. The number of nitrogens with zero attached hydrogens (tertiary/aromatic N) is 2. The lowest BCUT2D eigenvalue weighted by molar-refractivity contribution is -0.116. The van der Waals surface area contributed by atoms with E-state index < -0.39 is 0 Å². The van der Waals surface area contributed by atoms with Crippen molar-refractivity contribution >= 4 is 64.7 Å². The molecule has 0 aliphatic carbocycles. The molecule has 0 atom stereocenters. The minimum Gasteiger partial charge on any atom is -0.352 e. The smallest absolute Gasteiger partial charge is 0.224 e. The van der Waals surface area contributed by atoms with E-state index in [1.165, 1.54) is 0 Å². The third-order valence-corrected chi connectivity index (χ3v) is 4.87. The SMILES string of the molecule is CCCC(=O)Nc1cccc(CNC(=NC)NCc2cc(Cl)c(Cl)n2C)c1.I. The number of nitrogens with one attached hydrogen (secondary N) is 3. The highest BCUT2D eigenvalue weighted by Crippen LogP contribution is 2.24. The van der Waals surface area contributed by atoms with Crippen molar-refractivity contribution < 1.29 is 4.79 Å². The van der Waals surface area contributed by atoms with Crippen LogP contribution in [0.3, 0.4) is 0 Å². The molecule has 1 heterocycles. The zero-order valence-corrected chi connectivity index (χ0v) is 20.0. The summed E-state index contributed by atoms with van der Waals surface area (Å²) >= 11 is 12.1. The number of carbonyl (C=O) groups is 1. The average Bonchev–Trinajstić information content (AvgIpc) is 2.89. The summed E-state index contributed by atoms with van der Waals surface area (Å²) in [5.74, 6) is 0.684. The van der Waals surface area contributed by atoms with E-state index in [0.29, 0.717) is 35.6 Å². The van der Waals surface area contributed by atoms with Crippen molar-refractivity contribution in [3.05, 3.63) is 51.8 Å². The van der Waals surface area contributed by atoms with E-state index >= 15 is 0 Å². The highest BCUT2D eigenvalue weighted by atomic mass is 127. The second kappa shape index (κ2) is 12.2. The van der Waals surface area contributed by atoms with Gasteiger partial charge in [-0.15, -0.1) is 24.0 Å². The van der Waals surface area contributed by atoms with Crippen LogP contribution in [-0.2, 0) is 24.9 Å². The van der Waals surface area contributed by atoms with Crippen LogP contribution in [0.2, 0.25) is 10.2 Å². The monoisotopic (exact) mass is 537 g/mol. The molecular weight excluding hydrogens is 512 g/mol. The lowest BCUT2D eigenvalue weighted by Crippen LogP contribution is -2.36. The number of benzene rings is 1. The molecule has 0 radical (unpaired) electrons. The molecule has 154 valence electrons. The summed E-state index contributed by atoms with van der Waals surface area (Å²) in [5.41, 5.74) is 2.79. The Hall–Kier alpha value is -1.45. The Morgan fingerprint density at radius 2 is 1.89 bits per heavy atom. The molecule has 0 spiro atoms. The van der Waals surface area contributed by atoms with Crippen molar-refractivity contribution in [1.82, 2.24) is 15.2 Å².